The Morgan fingerprint density at radius 1 is 1.50 bits per heavy atom. The Hall–Kier alpha value is -1.33. The third-order valence-electron chi connectivity index (χ3n) is 1.87. The molecule has 1 aromatic heterocycles. The van der Waals surface area contributed by atoms with E-state index < -0.39 is 0 Å². The molecule has 0 fully saturated rings. The minimum Gasteiger partial charge on any atom is -0.313 e. The van der Waals surface area contributed by atoms with E-state index in [1.165, 1.54) is 0 Å². The first-order chi connectivity index (χ1) is 5.65. The van der Waals surface area contributed by atoms with Crippen molar-refractivity contribution < 1.29 is 0 Å². The molecular formula is C10H12N2. The van der Waals surface area contributed by atoms with E-state index in [-0.39, 0.29) is 6.04 Å². The van der Waals surface area contributed by atoms with Gasteiger partial charge in [-0.25, -0.2) is 0 Å². The van der Waals surface area contributed by atoms with Crippen molar-refractivity contribution in [3.63, 3.8) is 0 Å². The van der Waals surface area contributed by atoms with Crippen molar-refractivity contribution in [1.82, 2.24) is 4.98 Å². The summed E-state index contributed by atoms with van der Waals surface area (Å²) >= 11 is 0. The molecule has 0 aliphatic carbocycles. The van der Waals surface area contributed by atoms with Crippen molar-refractivity contribution in [2.45, 2.75) is 19.9 Å². The fourth-order valence-corrected chi connectivity index (χ4v) is 0.909. The van der Waals surface area contributed by atoms with Crippen molar-refractivity contribution in [3.05, 3.63) is 29.1 Å². The molecule has 1 atom stereocenters. The van der Waals surface area contributed by atoms with E-state index in [0.717, 1.165) is 17.0 Å². The molecule has 1 rings (SSSR count). The van der Waals surface area contributed by atoms with Gasteiger partial charge in [0.2, 0.25) is 0 Å². The lowest BCUT2D eigenvalue weighted by Gasteiger charge is -2.05. The second-order valence-corrected chi connectivity index (χ2v) is 2.78. The predicted octanol–water partition coefficient (Wildman–Crippen LogP) is 1.33. The molecule has 2 heteroatoms. The number of hydrogen-bond acceptors (Lipinski definition) is 2. The summed E-state index contributed by atoms with van der Waals surface area (Å²) in [7, 11) is 0. The van der Waals surface area contributed by atoms with Gasteiger partial charge in [-0.05, 0) is 25.5 Å². The summed E-state index contributed by atoms with van der Waals surface area (Å²) in [6, 6.07) is 3.46. The number of hydrogen-bond donors (Lipinski definition) is 1. The average molecular weight is 160 g/mol. The maximum Gasteiger partial charge on any atom is 0.109 e. The molecule has 0 saturated heterocycles. The number of pyridine rings is 1. The third kappa shape index (κ3) is 1.63. The molecule has 0 aromatic carbocycles. The van der Waals surface area contributed by atoms with Crippen LogP contribution in [0, 0.1) is 26.2 Å². The topological polar surface area (TPSA) is 38.9 Å². The van der Waals surface area contributed by atoms with Crippen LogP contribution < -0.4 is 5.73 Å². The molecule has 2 nitrogen and oxygen atoms in total. The number of nitrogens with zero attached hydrogens (tertiary/aromatic N) is 1. The van der Waals surface area contributed by atoms with Gasteiger partial charge >= 0.3 is 0 Å². The van der Waals surface area contributed by atoms with E-state index in [1.54, 1.807) is 0 Å². The smallest absolute Gasteiger partial charge is 0.109 e. The van der Waals surface area contributed by atoms with Gasteiger partial charge in [0.05, 0.1) is 5.69 Å². The van der Waals surface area contributed by atoms with Crippen LogP contribution in [-0.4, -0.2) is 4.98 Å². The van der Waals surface area contributed by atoms with Crippen molar-refractivity contribution in [3.8, 4) is 12.3 Å². The van der Waals surface area contributed by atoms with Gasteiger partial charge in [-0.1, -0.05) is 12.0 Å². The molecule has 62 valence electrons. The second-order valence-electron chi connectivity index (χ2n) is 2.78. The lowest BCUT2D eigenvalue weighted by Crippen LogP contribution is -2.10. The monoisotopic (exact) mass is 160 g/mol. The highest BCUT2D eigenvalue weighted by molar-refractivity contribution is 5.25. The van der Waals surface area contributed by atoms with Gasteiger partial charge in [-0.15, -0.1) is 6.42 Å². The highest BCUT2D eigenvalue weighted by Gasteiger charge is 2.03. The Morgan fingerprint density at radius 2 is 2.17 bits per heavy atom. The Balaban J connectivity index is 3.06. The maximum atomic E-state index is 5.61. The number of aromatic nitrogens is 1. The summed E-state index contributed by atoms with van der Waals surface area (Å²) in [6.07, 6.45) is 5.18. The Bertz CT molecular complexity index is 323. The van der Waals surface area contributed by atoms with Crippen LogP contribution in [-0.2, 0) is 0 Å². The summed E-state index contributed by atoms with van der Waals surface area (Å²) < 4.78 is 0. The molecule has 0 amide bonds. The van der Waals surface area contributed by atoms with Crippen molar-refractivity contribution >= 4 is 0 Å². The first kappa shape index (κ1) is 8.76. The molecule has 1 unspecified atom stereocenters. The molecule has 0 saturated carbocycles. The van der Waals surface area contributed by atoms with Crippen LogP contribution >= 0.6 is 0 Å². The predicted molar refractivity (Wildman–Crippen MR) is 49.5 cm³/mol. The highest BCUT2D eigenvalue weighted by Crippen LogP contribution is 2.09. The summed E-state index contributed by atoms with van der Waals surface area (Å²) in [4.78, 5) is 4.28. The van der Waals surface area contributed by atoms with E-state index in [2.05, 4.69) is 10.9 Å². The molecule has 0 spiro atoms. The first-order valence-corrected chi connectivity index (χ1v) is 3.81. The lowest BCUT2D eigenvalue weighted by atomic mass is 10.1. The zero-order valence-corrected chi connectivity index (χ0v) is 7.33. The second kappa shape index (κ2) is 3.38. The Morgan fingerprint density at radius 3 is 2.67 bits per heavy atom. The SMILES string of the molecule is C#CC(N)c1ccc(C)c(C)n1. The van der Waals surface area contributed by atoms with Crippen LogP contribution in [0.4, 0.5) is 0 Å². The fourth-order valence-electron chi connectivity index (χ4n) is 0.909. The van der Waals surface area contributed by atoms with Crippen LogP contribution in [0.15, 0.2) is 12.1 Å². The molecule has 0 aliphatic heterocycles. The number of rotatable bonds is 1. The van der Waals surface area contributed by atoms with E-state index in [9.17, 15) is 0 Å². The Labute approximate surface area is 72.8 Å². The van der Waals surface area contributed by atoms with Crippen LogP contribution in [0.3, 0.4) is 0 Å². The molecule has 0 radical (unpaired) electrons. The van der Waals surface area contributed by atoms with E-state index in [1.807, 2.05) is 26.0 Å². The largest absolute Gasteiger partial charge is 0.313 e. The van der Waals surface area contributed by atoms with Gasteiger partial charge in [0, 0.05) is 5.69 Å². The van der Waals surface area contributed by atoms with Crippen molar-refractivity contribution in [1.29, 1.82) is 0 Å². The Kier molecular flexibility index (Phi) is 2.47. The van der Waals surface area contributed by atoms with Crippen molar-refractivity contribution in [2.24, 2.45) is 5.73 Å². The minimum absolute atomic E-state index is 0.385. The summed E-state index contributed by atoms with van der Waals surface area (Å²) in [5.41, 5.74) is 8.52. The molecule has 0 aliphatic rings. The minimum atomic E-state index is -0.385. The highest BCUT2D eigenvalue weighted by atomic mass is 14.8. The number of nitrogens with two attached hydrogens (primary N) is 1. The van der Waals surface area contributed by atoms with Crippen LogP contribution in [0.1, 0.15) is 23.0 Å². The van der Waals surface area contributed by atoms with Crippen molar-refractivity contribution in [2.75, 3.05) is 0 Å². The van der Waals surface area contributed by atoms with Gasteiger partial charge in [-0.3, -0.25) is 4.98 Å². The third-order valence-corrected chi connectivity index (χ3v) is 1.87. The molecule has 0 bridgehead atoms. The molecule has 12 heavy (non-hydrogen) atoms. The zero-order valence-electron chi connectivity index (χ0n) is 7.33. The van der Waals surface area contributed by atoms with Gasteiger partial charge < -0.3 is 5.73 Å². The van der Waals surface area contributed by atoms with E-state index >= 15 is 0 Å². The zero-order chi connectivity index (χ0) is 9.14. The number of aryl methyl sites for hydroxylation is 2. The molecule has 2 N–H and O–H groups in total. The summed E-state index contributed by atoms with van der Waals surface area (Å²) in [5, 5.41) is 0. The van der Waals surface area contributed by atoms with Crippen LogP contribution in [0.25, 0.3) is 0 Å². The fraction of sp³-hybridized carbons (Fsp3) is 0.300. The maximum absolute atomic E-state index is 5.61. The van der Waals surface area contributed by atoms with Gasteiger partial charge in [0.15, 0.2) is 0 Å². The normalized spacial score (nSPS) is 12.2. The first-order valence-electron chi connectivity index (χ1n) is 3.81. The summed E-state index contributed by atoms with van der Waals surface area (Å²) in [5.74, 6) is 2.44. The lowest BCUT2D eigenvalue weighted by molar-refractivity contribution is 0.875. The van der Waals surface area contributed by atoms with Crippen LogP contribution in [0.2, 0.25) is 0 Å². The summed E-state index contributed by atoms with van der Waals surface area (Å²) in [6.45, 7) is 3.95. The standard InChI is InChI=1S/C10H12N2/c1-4-9(11)10-6-5-7(2)8(3)12-10/h1,5-6,9H,11H2,2-3H3. The number of terminal acetylenes is 1. The molecule has 1 heterocycles. The molecular weight excluding hydrogens is 148 g/mol. The van der Waals surface area contributed by atoms with Gasteiger partial charge in [0.1, 0.15) is 6.04 Å². The quantitative estimate of drug-likeness (QED) is 0.629. The van der Waals surface area contributed by atoms with Gasteiger partial charge in [-0.2, -0.15) is 0 Å². The van der Waals surface area contributed by atoms with Crippen LogP contribution in [0.5, 0.6) is 0 Å². The van der Waals surface area contributed by atoms with E-state index in [4.69, 9.17) is 12.2 Å². The molecule has 1 aromatic rings. The van der Waals surface area contributed by atoms with E-state index in [0.29, 0.717) is 0 Å². The van der Waals surface area contributed by atoms with Gasteiger partial charge in [0.25, 0.3) is 0 Å². The average Bonchev–Trinajstić information content (AvgIpc) is 2.08.